The smallest absolute Gasteiger partial charge is 0.258 e. The summed E-state index contributed by atoms with van der Waals surface area (Å²) in [7, 11) is -0.717. The van der Waals surface area contributed by atoms with Gasteiger partial charge in [-0.2, -0.15) is 4.98 Å². The van der Waals surface area contributed by atoms with Crippen LogP contribution in [0.4, 0.5) is 5.82 Å². The number of hydrogen-bond donors (Lipinski definition) is 1. The summed E-state index contributed by atoms with van der Waals surface area (Å²) in [6.07, 6.45) is 5.93. The second kappa shape index (κ2) is 7.21. The van der Waals surface area contributed by atoms with Crippen LogP contribution >= 0.6 is 0 Å². The van der Waals surface area contributed by atoms with Gasteiger partial charge in [0.1, 0.15) is 5.82 Å². The molecule has 1 aliphatic carbocycles. The molecule has 0 bridgehead atoms. The zero-order chi connectivity index (χ0) is 16.2. The number of aromatic nitrogens is 3. The Morgan fingerprint density at radius 1 is 1.43 bits per heavy atom. The Balaban J connectivity index is 1.69. The van der Waals surface area contributed by atoms with Gasteiger partial charge in [0, 0.05) is 39.6 Å². The van der Waals surface area contributed by atoms with Crippen LogP contribution in [0.5, 0.6) is 0 Å². The summed E-state index contributed by atoms with van der Waals surface area (Å²) in [5, 5.41) is 7.59. The Kier molecular flexibility index (Phi) is 5.05. The number of aryl methyl sites for hydroxylation is 1. The van der Waals surface area contributed by atoms with Gasteiger partial charge in [-0.05, 0) is 38.3 Å². The lowest BCUT2D eigenvalue weighted by molar-refractivity contribution is 0.425. The summed E-state index contributed by atoms with van der Waals surface area (Å²) >= 11 is 0. The highest BCUT2D eigenvalue weighted by Crippen LogP contribution is 2.26. The van der Waals surface area contributed by atoms with Crippen molar-refractivity contribution in [2.75, 3.05) is 11.1 Å². The third-order valence-electron chi connectivity index (χ3n) is 4.17. The molecule has 0 spiro atoms. The van der Waals surface area contributed by atoms with E-state index in [4.69, 9.17) is 4.52 Å². The van der Waals surface area contributed by atoms with E-state index < -0.39 is 10.8 Å². The molecule has 7 heteroatoms. The SMILES string of the molecule is CCS(=O)C1CCCC(Nc2cc(-c3nc(C)no3)ccn2)C1. The molecule has 1 saturated carbocycles. The minimum Gasteiger partial charge on any atom is -0.367 e. The molecule has 6 nitrogen and oxygen atoms in total. The fourth-order valence-corrected chi connectivity index (χ4v) is 4.36. The standard InChI is InChI=1S/C16H22N4O2S/c1-3-23(21)14-6-4-5-13(10-14)19-15-9-12(7-8-17-15)16-18-11(2)20-22-16/h7-9,13-14H,3-6,10H2,1-2H3,(H,17,19). The van der Waals surface area contributed by atoms with Gasteiger partial charge >= 0.3 is 0 Å². The number of anilines is 1. The van der Waals surface area contributed by atoms with Crippen LogP contribution in [0.25, 0.3) is 11.5 Å². The largest absolute Gasteiger partial charge is 0.367 e. The Morgan fingerprint density at radius 2 is 2.30 bits per heavy atom. The van der Waals surface area contributed by atoms with Crippen LogP contribution in [-0.4, -0.2) is 36.4 Å². The van der Waals surface area contributed by atoms with Crippen molar-refractivity contribution in [3.05, 3.63) is 24.2 Å². The summed E-state index contributed by atoms with van der Waals surface area (Å²) in [5.41, 5.74) is 0.854. The minimum absolute atomic E-state index is 0.299. The molecule has 1 aliphatic rings. The first kappa shape index (κ1) is 16.1. The molecule has 0 aromatic carbocycles. The number of nitrogens with one attached hydrogen (secondary N) is 1. The van der Waals surface area contributed by atoms with Gasteiger partial charge in [-0.3, -0.25) is 4.21 Å². The van der Waals surface area contributed by atoms with E-state index in [9.17, 15) is 4.21 Å². The minimum atomic E-state index is -0.717. The summed E-state index contributed by atoms with van der Waals surface area (Å²) < 4.78 is 17.2. The highest BCUT2D eigenvalue weighted by atomic mass is 32.2. The van der Waals surface area contributed by atoms with E-state index in [-0.39, 0.29) is 0 Å². The van der Waals surface area contributed by atoms with Crippen molar-refractivity contribution in [3.8, 4) is 11.5 Å². The maximum absolute atomic E-state index is 12.0. The lowest BCUT2D eigenvalue weighted by Crippen LogP contribution is -2.33. The molecular weight excluding hydrogens is 312 g/mol. The Bertz CT molecular complexity index is 688. The van der Waals surface area contributed by atoms with Gasteiger partial charge in [-0.15, -0.1) is 0 Å². The average Bonchev–Trinajstić information content (AvgIpc) is 3.01. The van der Waals surface area contributed by atoms with Crippen LogP contribution in [-0.2, 0) is 10.8 Å². The summed E-state index contributed by atoms with van der Waals surface area (Å²) in [6, 6.07) is 4.10. The Labute approximate surface area is 138 Å². The van der Waals surface area contributed by atoms with Crippen molar-refractivity contribution in [2.24, 2.45) is 0 Å². The molecule has 0 saturated heterocycles. The second-order valence-electron chi connectivity index (χ2n) is 5.88. The average molecular weight is 334 g/mol. The van der Waals surface area contributed by atoms with Crippen molar-refractivity contribution in [1.82, 2.24) is 15.1 Å². The molecule has 3 rings (SSSR count). The van der Waals surface area contributed by atoms with E-state index in [0.717, 1.165) is 42.8 Å². The van der Waals surface area contributed by atoms with Crippen molar-refractivity contribution >= 4 is 16.6 Å². The van der Waals surface area contributed by atoms with Crippen molar-refractivity contribution in [2.45, 2.75) is 50.8 Å². The molecule has 2 aromatic heterocycles. The summed E-state index contributed by atoms with van der Waals surface area (Å²) in [5.74, 6) is 2.65. The van der Waals surface area contributed by atoms with Gasteiger partial charge in [0.05, 0.1) is 0 Å². The van der Waals surface area contributed by atoms with Gasteiger partial charge in [0.2, 0.25) is 0 Å². The summed E-state index contributed by atoms with van der Waals surface area (Å²) in [6.45, 7) is 3.79. The number of hydrogen-bond acceptors (Lipinski definition) is 6. The predicted molar refractivity (Wildman–Crippen MR) is 90.6 cm³/mol. The molecule has 2 aromatic rings. The lowest BCUT2D eigenvalue weighted by atomic mass is 9.95. The second-order valence-corrected chi connectivity index (χ2v) is 7.88. The van der Waals surface area contributed by atoms with Crippen molar-refractivity contribution in [3.63, 3.8) is 0 Å². The van der Waals surface area contributed by atoms with E-state index in [1.165, 1.54) is 0 Å². The molecule has 23 heavy (non-hydrogen) atoms. The maximum Gasteiger partial charge on any atom is 0.258 e. The molecule has 1 fully saturated rings. The topological polar surface area (TPSA) is 80.9 Å². The normalized spacial score (nSPS) is 22.7. The molecule has 124 valence electrons. The van der Waals surface area contributed by atoms with E-state index in [1.807, 2.05) is 19.1 Å². The number of nitrogens with zero attached hydrogens (tertiary/aromatic N) is 3. The van der Waals surface area contributed by atoms with Crippen LogP contribution in [0, 0.1) is 6.92 Å². The number of pyridine rings is 1. The van der Waals surface area contributed by atoms with Crippen molar-refractivity contribution in [1.29, 1.82) is 0 Å². The molecule has 0 amide bonds. The molecule has 1 N–H and O–H groups in total. The number of rotatable bonds is 5. The molecule has 2 heterocycles. The van der Waals surface area contributed by atoms with Crippen LogP contribution in [0.15, 0.2) is 22.9 Å². The first-order chi connectivity index (χ1) is 11.2. The zero-order valence-electron chi connectivity index (χ0n) is 13.5. The molecular formula is C16H22N4O2S. The first-order valence-corrected chi connectivity index (χ1v) is 9.44. The quantitative estimate of drug-likeness (QED) is 0.905. The van der Waals surface area contributed by atoms with Gasteiger partial charge in [-0.25, -0.2) is 4.98 Å². The lowest BCUT2D eigenvalue weighted by Gasteiger charge is -2.29. The van der Waals surface area contributed by atoms with Crippen LogP contribution < -0.4 is 5.32 Å². The third kappa shape index (κ3) is 3.96. The van der Waals surface area contributed by atoms with Crippen LogP contribution in [0.2, 0.25) is 0 Å². The van der Waals surface area contributed by atoms with Crippen LogP contribution in [0.3, 0.4) is 0 Å². The van der Waals surface area contributed by atoms with Gasteiger partial charge in [-0.1, -0.05) is 18.5 Å². The van der Waals surface area contributed by atoms with Crippen LogP contribution in [0.1, 0.15) is 38.4 Å². The fourth-order valence-electron chi connectivity index (χ4n) is 3.02. The van der Waals surface area contributed by atoms with Crippen molar-refractivity contribution < 1.29 is 8.73 Å². The van der Waals surface area contributed by atoms with E-state index >= 15 is 0 Å². The highest BCUT2D eigenvalue weighted by molar-refractivity contribution is 7.85. The Hall–Kier alpha value is -1.76. The summed E-state index contributed by atoms with van der Waals surface area (Å²) in [4.78, 5) is 8.62. The highest BCUT2D eigenvalue weighted by Gasteiger charge is 2.25. The maximum atomic E-state index is 12.0. The van der Waals surface area contributed by atoms with E-state index in [0.29, 0.717) is 23.0 Å². The fraction of sp³-hybridized carbons (Fsp3) is 0.562. The Morgan fingerprint density at radius 3 is 3.04 bits per heavy atom. The monoisotopic (exact) mass is 334 g/mol. The molecule has 3 atom stereocenters. The van der Waals surface area contributed by atoms with Gasteiger partial charge in [0.25, 0.3) is 5.89 Å². The molecule has 3 unspecified atom stereocenters. The molecule has 0 radical (unpaired) electrons. The molecule has 0 aliphatic heterocycles. The predicted octanol–water partition coefficient (Wildman–Crippen LogP) is 2.93. The zero-order valence-corrected chi connectivity index (χ0v) is 14.3. The van der Waals surface area contributed by atoms with Gasteiger partial charge < -0.3 is 9.84 Å². The first-order valence-electron chi connectivity index (χ1n) is 8.06. The van der Waals surface area contributed by atoms with E-state index in [1.54, 1.807) is 13.1 Å². The van der Waals surface area contributed by atoms with E-state index in [2.05, 4.69) is 20.4 Å². The van der Waals surface area contributed by atoms with Gasteiger partial charge in [0.15, 0.2) is 5.82 Å². The third-order valence-corrected chi connectivity index (χ3v) is 5.91.